The van der Waals surface area contributed by atoms with Crippen LogP contribution >= 0.6 is 0 Å². The number of piperidine rings is 1. The summed E-state index contributed by atoms with van der Waals surface area (Å²) in [7, 11) is 1.68. The summed E-state index contributed by atoms with van der Waals surface area (Å²) in [5.74, 6) is 0.589. The van der Waals surface area contributed by atoms with Gasteiger partial charge in [-0.1, -0.05) is 24.3 Å². The molecule has 31 heavy (non-hydrogen) atoms. The highest BCUT2D eigenvalue weighted by Crippen LogP contribution is 2.29. The van der Waals surface area contributed by atoms with Crippen molar-refractivity contribution < 1.29 is 18.3 Å². The molecular weight excluding hydrogens is 395 g/mol. The third-order valence-corrected chi connectivity index (χ3v) is 5.89. The van der Waals surface area contributed by atoms with E-state index in [1.165, 1.54) is 12.3 Å². The second-order valence-electron chi connectivity index (χ2n) is 7.91. The maximum atomic E-state index is 14.3. The Hall–Kier alpha value is -3.12. The Balaban J connectivity index is 1.52. The molecule has 0 bridgehead atoms. The van der Waals surface area contributed by atoms with Crippen LogP contribution < -0.4 is 9.64 Å². The van der Waals surface area contributed by atoms with Crippen molar-refractivity contribution in [2.45, 2.75) is 32.4 Å². The van der Waals surface area contributed by atoms with Crippen LogP contribution in [0.5, 0.6) is 5.75 Å². The number of benzene rings is 2. The van der Waals surface area contributed by atoms with Crippen molar-refractivity contribution in [1.82, 2.24) is 4.90 Å². The Morgan fingerprint density at radius 2 is 1.94 bits per heavy atom. The SMILES string of the molecule is COc1ccccc1CN1CCC(N(C(=O)c2ccco2)c2ccc(C)c(F)c2)CC1. The molecule has 0 spiro atoms. The first-order valence-corrected chi connectivity index (χ1v) is 10.5. The van der Waals surface area contributed by atoms with Crippen molar-refractivity contribution in [3.63, 3.8) is 0 Å². The molecule has 0 atom stereocenters. The van der Waals surface area contributed by atoms with Gasteiger partial charge in [-0.25, -0.2) is 4.39 Å². The fraction of sp³-hybridized carbons (Fsp3) is 0.320. The van der Waals surface area contributed by atoms with Gasteiger partial charge in [-0.15, -0.1) is 0 Å². The quantitative estimate of drug-likeness (QED) is 0.558. The standard InChI is InChI=1S/C25H27FN2O3/c1-18-9-10-21(16-22(18)26)28(25(29)24-8-5-15-31-24)20-11-13-27(14-12-20)17-19-6-3-4-7-23(19)30-2/h3-10,15-16,20H,11-14,17H2,1-2H3. The van der Waals surface area contributed by atoms with E-state index in [9.17, 15) is 9.18 Å². The Morgan fingerprint density at radius 3 is 2.61 bits per heavy atom. The van der Waals surface area contributed by atoms with Crippen LogP contribution in [0.1, 0.15) is 34.5 Å². The van der Waals surface area contributed by atoms with Crippen molar-refractivity contribution in [3.05, 3.63) is 83.6 Å². The van der Waals surface area contributed by atoms with E-state index in [0.29, 0.717) is 11.3 Å². The molecule has 0 N–H and O–H groups in total. The number of para-hydroxylation sites is 1. The van der Waals surface area contributed by atoms with E-state index in [-0.39, 0.29) is 23.5 Å². The number of anilines is 1. The maximum Gasteiger partial charge on any atom is 0.294 e. The number of amides is 1. The summed E-state index contributed by atoms with van der Waals surface area (Å²) in [5.41, 5.74) is 2.26. The van der Waals surface area contributed by atoms with Crippen LogP contribution in [-0.4, -0.2) is 37.0 Å². The molecule has 0 aliphatic carbocycles. The summed E-state index contributed by atoms with van der Waals surface area (Å²) in [4.78, 5) is 17.3. The molecular formula is C25H27FN2O3. The van der Waals surface area contributed by atoms with Crippen LogP contribution in [0.4, 0.5) is 10.1 Å². The van der Waals surface area contributed by atoms with Crippen molar-refractivity contribution in [3.8, 4) is 5.75 Å². The monoisotopic (exact) mass is 422 g/mol. The third kappa shape index (κ3) is 4.64. The number of likely N-dealkylation sites (tertiary alicyclic amines) is 1. The number of ether oxygens (including phenoxy) is 1. The van der Waals surface area contributed by atoms with Crippen LogP contribution in [0.3, 0.4) is 0 Å². The van der Waals surface area contributed by atoms with Gasteiger partial charge in [-0.3, -0.25) is 9.69 Å². The second-order valence-corrected chi connectivity index (χ2v) is 7.91. The number of hydrogen-bond donors (Lipinski definition) is 0. The molecule has 1 aliphatic rings. The normalized spacial score (nSPS) is 15.1. The zero-order chi connectivity index (χ0) is 21.8. The van der Waals surface area contributed by atoms with E-state index in [4.69, 9.17) is 9.15 Å². The van der Waals surface area contributed by atoms with Gasteiger partial charge in [0, 0.05) is 36.9 Å². The van der Waals surface area contributed by atoms with Gasteiger partial charge in [0.15, 0.2) is 5.76 Å². The fourth-order valence-corrected chi connectivity index (χ4v) is 4.15. The number of carbonyl (C=O) groups is 1. The minimum atomic E-state index is -0.316. The van der Waals surface area contributed by atoms with E-state index in [0.717, 1.165) is 43.8 Å². The highest BCUT2D eigenvalue weighted by Gasteiger charge is 2.31. The molecule has 0 saturated carbocycles. The molecule has 0 unspecified atom stereocenters. The number of halogens is 1. The van der Waals surface area contributed by atoms with Crippen LogP contribution in [-0.2, 0) is 6.54 Å². The van der Waals surface area contributed by atoms with Crippen LogP contribution in [0.25, 0.3) is 0 Å². The molecule has 3 aromatic rings. The zero-order valence-corrected chi connectivity index (χ0v) is 17.9. The van der Waals surface area contributed by atoms with Gasteiger partial charge in [0.2, 0.25) is 0 Å². The summed E-state index contributed by atoms with van der Waals surface area (Å²) in [6.07, 6.45) is 3.06. The van der Waals surface area contributed by atoms with E-state index in [1.54, 1.807) is 43.2 Å². The van der Waals surface area contributed by atoms with Gasteiger partial charge in [0.25, 0.3) is 5.91 Å². The highest BCUT2D eigenvalue weighted by atomic mass is 19.1. The smallest absolute Gasteiger partial charge is 0.294 e. The van der Waals surface area contributed by atoms with E-state index < -0.39 is 0 Å². The average Bonchev–Trinajstić information content (AvgIpc) is 3.33. The molecule has 1 fully saturated rings. The number of aryl methyl sites for hydroxylation is 1. The summed E-state index contributed by atoms with van der Waals surface area (Å²) in [5, 5.41) is 0. The fourth-order valence-electron chi connectivity index (χ4n) is 4.15. The lowest BCUT2D eigenvalue weighted by Crippen LogP contribution is -2.47. The second kappa shape index (κ2) is 9.35. The number of carbonyl (C=O) groups excluding carboxylic acids is 1. The topological polar surface area (TPSA) is 45.9 Å². The van der Waals surface area contributed by atoms with Crippen molar-refractivity contribution in [2.75, 3.05) is 25.1 Å². The molecule has 1 amide bonds. The van der Waals surface area contributed by atoms with Gasteiger partial charge < -0.3 is 14.1 Å². The maximum absolute atomic E-state index is 14.3. The van der Waals surface area contributed by atoms with E-state index >= 15 is 0 Å². The molecule has 1 aliphatic heterocycles. The average molecular weight is 423 g/mol. The van der Waals surface area contributed by atoms with Crippen LogP contribution in [0.2, 0.25) is 0 Å². The minimum Gasteiger partial charge on any atom is -0.496 e. The lowest BCUT2D eigenvalue weighted by Gasteiger charge is -2.38. The first-order valence-electron chi connectivity index (χ1n) is 10.5. The molecule has 2 aromatic carbocycles. The predicted octanol–water partition coefficient (Wildman–Crippen LogP) is 5.05. The summed E-state index contributed by atoms with van der Waals surface area (Å²) < 4.78 is 25.1. The Labute approximate surface area is 182 Å². The largest absolute Gasteiger partial charge is 0.496 e. The van der Waals surface area contributed by atoms with Crippen LogP contribution in [0, 0.1) is 12.7 Å². The Bertz CT molecular complexity index is 1030. The van der Waals surface area contributed by atoms with E-state index in [2.05, 4.69) is 11.0 Å². The van der Waals surface area contributed by atoms with Gasteiger partial charge in [-0.05, 0) is 55.7 Å². The van der Waals surface area contributed by atoms with Crippen molar-refractivity contribution in [2.24, 2.45) is 0 Å². The molecule has 1 saturated heterocycles. The Morgan fingerprint density at radius 1 is 1.16 bits per heavy atom. The Kier molecular flexibility index (Phi) is 6.37. The summed E-state index contributed by atoms with van der Waals surface area (Å²) >= 11 is 0. The van der Waals surface area contributed by atoms with Gasteiger partial charge in [0.1, 0.15) is 11.6 Å². The number of hydrogen-bond acceptors (Lipinski definition) is 4. The van der Waals surface area contributed by atoms with Crippen LogP contribution in [0.15, 0.2) is 65.3 Å². The molecule has 2 heterocycles. The number of rotatable bonds is 6. The van der Waals surface area contributed by atoms with Gasteiger partial charge in [0.05, 0.1) is 13.4 Å². The lowest BCUT2D eigenvalue weighted by molar-refractivity contribution is 0.0931. The van der Waals surface area contributed by atoms with Gasteiger partial charge in [-0.2, -0.15) is 0 Å². The number of nitrogens with zero attached hydrogens (tertiary/aromatic N) is 2. The molecule has 5 nitrogen and oxygen atoms in total. The molecule has 162 valence electrons. The lowest BCUT2D eigenvalue weighted by atomic mass is 10.0. The first-order chi connectivity index (χ1) is 15.1. The predicted molar refractivity (Wildman–Crippen MR) is 118 cm³/mol. The van der Waals surface area contributed by atoms with Crippen molar-refractivity contribution in [1.29, 1.82) is 0 Å². The highest BCUT2D eigenvalue weighted by molar-refractivity contribution is 6.04. The number of furan rings is 1. The first kappa shape index (κ1) is 21.1. The van der Waals surface area contributed by atoms with Gasteiger partial charge >= 0.3 is 0 Å². The molecule has 4 rings (SSSR count). The number of methoxy groups -OCH3 is 1. The van der Waals surface area contributed by atoms with Crippen molar-refractivity contribution >= 4 is 11.6 Å². The zero-order valence-electron chi connectivity index (χ0n) is 17.9. The molecule has 6 heteroatoms. The third-order valence-electron chi connectivity index (χ3n) is 5.89. The summed E-state index contributed by atoms with van der Waals surface area (Å²) in [6.45, 7) is 4.17. The molecule has 0 radical (unpaired) electrons. The summed E-state index contributed by atoms with van der Waals surface area (Å²) in [6, 6.07) is 16.3. The molecule has 1 aromatic heterocycles. The minimum absolute atomic E-state index is 0.0337. The van der Waals surface area contributed by atoms with E-state index in [1.807, 2.05) is 18.2 Å².